The maximum absolute atomic E-state index is 5.60. The number of rotatable bonds is 3. The van der Waals surface area contributed by atoms with E-state index in [0.717, 1.165) is 16.3 Å². The molecule has 0 saturated heterocycles. The standard InChI is InChI=1S/C8H10N6S2/c9-1-5-6(12-3-16-5)4-2-15-8(13-4)14-7(10)11/h2-3H,1,9H2,(H4,10,11,13,14). The zero-order chi connectivity index (χ0) is 11.5. The number of nitrogens with two attached hydrogens (primary N) is 3. The van der Waals surface area contributed by atoms with Crippen LogP contribution in [0.15, 0.2) is 15.9 Å². The predicted molar refractivity (Wildman–Crippen MR) is 66.6 cm³/mol. The predicted octanol–water partition coefficient (Wildman–Crippen LogP) is 0.630. The van der Waals surface area contributed by atoms with Gasteiger partial charge in [0.1, 0.15) is 11.4 Å². The molecule has 0 saturated carbocycles. The molecule has 0 amide bonds. The van der Waals surface area contributed by atoms with E-state index >= 15 is 0 Å². The minimum Gasteiger partial charge on any atom is -0.370 e. The molecule has 8 heteroatoms. The van der Waals surface area contributed by atoms with Crippen molar-refractivity contribution in [3.05, 3.63) is 15.8 Å². The summed E-state index contributed by atoms with van der Waals surface area (Å²) < 4.78 is 0. The van der Waals surface area contributed by atoms with Crippen LogP contribution >= 0.6 is 22.7 Å². The van der Waals surface area contributed by atoms with E-state index in [4.69, 9.17) is 17.2 Å². The molecular formula is C8H10N6S2. The Hall–Kier alpha value is -1.51. The minimum atomic E-state index is -0.00164. The topological polar surface area (TPSA) is 116 Å². The third-order valence-electron chi connectivity index (χ3n) is 1.79. The molecule has 0 unspecified atom stereocenters. The monoisotopic (exact) mass is 254 g/mol. The van der Waals surface area contributed by atoms with Gasteiger partial charge in [-0.1, -0.05) is 0 Å². The summed E-state index contributed by atoms with van der Waals surface area (Å²) in [6.45, 7) is 0.454. The first-order valence-electron chi connectivity index (χ1n) is 4.38. The summed E-state index contributed by atoms with van der Waals surface area (Å²) in [5, 5.41) is 2.38. The number of thiazole rings is 2. The summed E-state index contributed by atoms with van der Waals surface area (Å²) in [6.07, 6.45) is 0. The molecule has 2 heterocycles. The second-order valence-corrected chi connectivity index (χ2v) is 4.66. The van der Waals surface area contributed by atoms with Crippen LogP contribution in [0.3, 0.4) is 0 Å². The summed E-state index contributed by atoms with van der Waals surface area (Å²) >= 11 is 2.87. The lowest BCUT2D eigenvalue weighted by atomic mass is 10.3. The highest BCUT2D eigenvalue weighted by molar-refractivity contribution is 7.13. The van der Waals surface area contributed by atoms with Crippen LogP contribution in [0.1, 0.15) is 4.88 Å². The lowest BCUT2D eigenvalue weighted by Gasteiger charge is -1.93. The largest absolute Gasteiger partial charge is 0.370 e. The molecule has 2 rings (SSSR count). The van der Waals surface area contributed by atoms with Gasteiger partial charge in [0.05, 0.1) is 5.51 Å². The molecular weight excluding hydrogens is 244 g/mol. The SMILES string of the molecule is NCc1scnc1-c1csc(N=C(N)N)n1. The van der Waals surface area contributed by atoms with Gasteiger partial charge in [-0.05, 0) is 0 Å². The van der Waals surface area contributed by atoms with Crippen LogP contribution in [0.25, 0.3) is 11.4 Å². The van der Waals surface area contributed by atoms with E-state index in [2.05, 4.69) is 15.0 Å². The molecule has 0 aromatic carbocycles. The minimum absolute atomic E-state index is 0.00164. The quantitative estimate of drug-likeness (QED) is 0.548. The third kappa shape index (κ3) is 2.18. The van der Waals surface area contributed by atoms with E-state index in [1.165, 1.54) is 22.7 Å². The summed E-state index contributed by atoms with van der Waals surface area (Å²) in [7, 11) is 0. The summed E-state index contributed by atoms with van der Waals surface area (Å²) in [4.78, 5) is 13.4. The fourth-order valence-electron chi connectivity index (χ4n) is 1.16. The normalized spacial score (nSPS) is 10.3. The molecule has 0 spiro atoms. The van der Waals surface area contributed by atoms with Crippen molar-refractivity contribution in [2.75, 3.05) is 0 Å². The van der Waals surface area contributed by atoms with E-state index in [1.54, 1.807) is 5.51 Å². The van der Waals surface area contributed by atoms with E-state index in [9.17, 15) is 0 Å². The first kappa shape index (κ1) is 11.0. The number of nitrogens with zero attached hydrogens (tertiary/aromatic N) is 3. The van der Waals surface area contributed by atoms with Crippen molar-refractivity contribution in [3.63, 3.8) is 0 Å². The molecule has 0 bridgehead atoms. The van der Waals surface area contributed by atoms with Crippen molar-refractivity contribution < 1.29 is 0 Å². The number of hydrogen-bond donors (Lipinski definition) is 3. The van der Waals surface area contributed by atoms with Crippen molar-refractivity contribution in [3.8, 4) is 11.4 Å². The van der Waals surface area contributed by atoms with Gasteiger partial charge in [-0.2, -0.15) is 4.99 Å². The Bertz CT molecular complexity index is 510. The van der Waals surface area contributed by atoms with Crippen LogP contribution in [0, 0.1) is 0 Å². The van der Waals surface area contributed by atoms with Crippen molar-refractivity contribution in [2.45, 2.75) is 6.54 Å². The maximum Gasteiger partial charge on any atom is 0.212 e. The molecule has 2 aromatic heterocycles. The van der Waals surface area contributed by atoms with Gasteiger partial charge in [-0.15, -0.1) is 22.7 Å². The van der Waals surface area contributed by atoms with Crippen LogP contribution in [0.5, 0.6) is 0 Å². The van der Waals surface area contributed by atoms with Crippen LogP contribution in [-0.2, 0) is 6.54 Å². The molecule has 0 aliphatic rings. The first-order chi connectivity index (χ1) is 7.70. The van der Waals surface area contributed by atoms with E-state index < -0.39 is 0 Å². The summed E-state index contributed by atoms with van der Waals surface area (Å²) in [6, 6.07) is 0. The number of guanidine groups is 1. The fraction of sp³-hybridized carbons (Fsp3) is 0.125. The summed E-state index contributed by atoms with van der Waals surface area (Å²) in [5.74, 6) is -0.00164. The maximum atomic E-state index is 5.60. The molecule has 84 valence electrons. The van der Waals surface area contributed by atoms with Crippen LogP contribution in [-0.4, -0.2) is 15.9 Å². The van der Waals surface area contributed by atoms with Gasteiger partial charge in [-0.25, -0.2) is 9.97 Å². The molecule has 16 heavy (non-hydrogen) atoms. The second kappa shape index (κ2) is 4.56. The van der Waals surface area contributed by atoms with Gasteiger partial charge >= 0.3 is 0 Å². The lowest BCUT2D eigenvalue weighted by molar-refractivity contribution is 1.09. The highest BCUT2D eigenvalue weighted by atomic mass is 32.1. The molecule has 0 aliphatic heterocycles. The molecule has 0 aliphatic carbocycles. The molecule has 6 nitrogen and oxygen atoms in total. The third-order valence-corrected chi connectivity index (χ3v) is 3.38. The first-order valence-corrected chi connectivity index (χ1v) is 6.14. The molecule has 0 atom stereocenters. The second-order valence-electron chi connectivity index (χ2n) is 2.88. The fourth-order valence-corrected chi connectivity index (χ4v) is 2.50. The molecule has 0 radical (unpaired) electrons. The Kier molecular flexibility index (Phi) is 3.13. The van der Waals surface area contributed by atoms with Crippen molar-refractivity contribution >= 4 is 33.8 Å². The zero-order valence-corrected chi connectivity index (χ0v) is 9.88. The average molecular weight is 254 g/mol. The van der Waals surface area contributed by atoms with Crippen molar-refractivity contribution in [2.24, 2.45) is 22.2 Å². The van der Waals surface area contributed by atoms with Gasteiger partial charge in [0.15, 0.2) is 5.96 Å². The zero-order valence-electron chi connectivity index (χ0n) is 8.25. The number of hydrogen-bond acceptors (Lipinski definition) is 6. The Morgan fingerprint density at radius 3 is 2.88 bits per heavy atom. The van der Waals surface area contributed by atoms with Crippen LogP contribution in [0.2, 0.25) is 0 Å². The Morgan fingerprint density at radius 1 is 1.38 bits per heavy atom. The molecule has 6 N–H and O–H groups in total. The van der Waals surface area contributed by atoms with Crippen molar-refractivity contribution in [1.82, 2.24) is 9.97 Å². The lowest BCUT2D eigenvalue weighted by Crippen LogP contribution is -2.21. The number of aromatic nitrogens is 2. The van der Waals surface area contributed by atoms with Crippen LogP contribution < -0.4 is 17.2 Å². The Balaban J connectivity index is 2.35. The number of aliphatic imine (C=N–C) groups is 1. The van der Waals surface area contributed by atoms with Gasteiger partial charge in [0.25, 0.3) is 0 Å². The van der Waals surface area contributed by atoms with Crippen LogP contribution in [0.4, 0.5) is 5.13 Å². The van der Waals surface area contributed by atoms with Gasteiger partial charge in [0.2, 0.25) is 5.13 Å². The van der Waals surface area contributed by atoms with Gasteiger partial charge < -0.3 is 17.2 Å². The van der Waals surface area contributed by atoms with Gasteiger partial charge in [0, 0.05) is 16.8 Å². The van der Waals surface area contributed by atoms with E-state index in [1.807, 2.05) is 5.38 Å². The molecule has 0 fully saturated rings. The smallest absolute Gasteiger partial charge is 0.212 e. The highest BCUT2D eigenvalue weighted by Gasteiger charge is 2.11. The van der Waals surface area contributed by atoms with E-state index in [-0.39, 0.29) is 5.96 Å². The van der Waals surface area contributed by atoms with Crippen molar-refractivity contribution in [1.29, 1.82) is 0 Å². The average Bonchev–Trinajstić information content (AvgIpc) is 2.83. The van der Waals surface area contributed by atoms with Gasteiger partial charge in [-0.3, -0.25) is 0 Å². The summed E-state index contributed by atoms with van der Waals surface area (Å²) in [5.41, 5.74) is 19.4. The highest BCUT2D eigenvalue weighted by Crippen LogP contribution is 2.29. The molecule has 2 aromatic rings. The Labute approximate surface area is 99.9 Å². The van der Waals surface area contributed by atoms with E-state index in [0.29, 0.717) is 11.7 Å². The Morgan fingerprint density at radius 2 is 2.19 bits per heavy atom.